The molecule has 2 nitrogen and oxygen atoms in total. The molecule has 1 amide bonds. The summed E-state index contributed by atoms with van der Waals surface area (Å²) in [5.74, 6) is 2.67. The molecule has 2 bridgehead atoms. The van der Waals surface area contributed by atoms with Crippen LogP contribution in [-0.2, 0) is 11.3 Å². The molecule has 0 saturated heterocycles. The van der Waals surface area contributed by atoms with Crippen LogP contribution in [0.5, 0.6) is 0 Å². The van der Waals surface area contributed by atoms with Crippen LogP contribution >= 0.6 is 0 Å². The Balaban J connectivity index is 1.45. The standard InChI is InChI=1S/C17H23NO/c1-12-2-4-13(5-3-12)11-18-17(19)10-16-9-14-6-7-15(16)8-14/h2-5,14-16H,6-11H2,1H3,(H,18,19)/t14-,15-,16+/m1/s1. The molecule has 2 heteroatoms. The molecule has 2 fully saturated rings. The summed E-state index contributed by atoms with van der Waals surface area (Å²) in [7, 11) is 0. The van der Waals surface area contributed by atoms with Crippen LogP contribution in [0.25, 0.3) is 0 Å². The van der Waals surface area contributed by atoms with Gasteiger partial charge >= 0.3 is 0 Å². The zero-order valence-corrected chi connectivity index (χ0v) is 11.7. The number of carbonyl (C=O) groups excluding carboxylic acids is 1. The Kier molecular flexibility index (Phi) is 3.58. The van der Waals surface area contributed by atoms with Gasteiger partial charge in [-0.25, -0.2) is 0 Å². The van der Waals surface area contributed by atoms with Crippen LogP contribution in [0.15, 0.2) is 24.3 Å². The van der Waals surface area contributed by atoms with Gasteiger partial charge in [-0.1, -0.05) is 36.2 Å². The van der Waals surface area contributed by atoms with Crippen molar-refractivity contribution in [3.05, 3.63) is 35.4 Å². The highest BCUT2D eigenvalue weighted by Gasteiger charge is 2.39. The zero-order valence-electron chi connectivity index (χ0n) is 11.7. The van der Waals surface area contributed by atoms with E-state index in [9.17, 15) is 4.79 Å². The third-order valence-corrected chi connectivity index (χ3v) is 4.94. The molecule has 0 spiro atoms. The molecule has 102 valence electrons. The second kappa shape index (κ2) is 5.36. The molecule has 3 atom stereocenters. The number of rotatable bonds is 4. The van der Waals surface area contributed by atoms with Crippen LogP contribution < -0.4 is 5.32 Å². The van der Waals surface area contributed by atoms with Crippen molar-refractivity contribution in [3.8, 4) is 0 Å². The van der Waals surface area contributed by atoms with Gasteiger partial charge in [0.25, 0.3) is 0 Å². The Bertz CT molecular complexity index is 451. The van der Waals surface area contributed by atoms with Gasteiger partial charge in [0.1, 0.15) is 0 Å². The van der Waals surface area contributed by atoms with E-state index in [1.807, 2.05) is 0 Å². The summed E-state index contributed by atoms with van der Waals surface area (Å²) in [6.07, 6.45) is 6.19. The van der Waals surface area contributed by atoms with Gasteiger partial charge in [0, 0.05) is 13.0 Å². The molecular formula is C17H23NO. The number of nitrogens with one attached hydrogen (secondary N) is 1. The maximum Gasteiger partial charge on any atom is 0.220 e. The lowest BCUT2D eigenvalue weighted by molar-refractivity contribution is -0.122. The van der Waals surface area contributed by atoms with Gasteiger partial charge < -0.3 is 5.32 Å². The van der Waals surface area contributed by atoms with E-state index < -0.39 is 0 Å². The second-order valence-electron chi connectivity index (χ2n) is 6.40. The number of carbonyl (C=O) groups is 1. The van der Waals surface area contributed by atoms with E-state index in [4.69, 9.17) is 0 Å². The molecule has 0 unspecified atom stereocenters. The summed E-state index contributed by atoms with van der Waals surface area (Å²) in [4.78, 5) is 12.0. The Morgan fingerprint density at radius 3 is 2.63 bits per heavy atom. The first-order valence-electron chi connectivity index (χ1n) is 7.53. The fraction of sp³-hybridized carbons (Fsp3) is 0.588. The van der Waals surface area contributed by atoms with Gasteiger partial charge in [-0.3, -0.25) is 4.79 Å². The van der Waals surface area contributed by atoms with Crippen molar-refractivity contribution in [1.29, 1.82) is 0 Å². The molecule has 1 aromatic carbocycles. The van der Waals surface area contributed by atoms with Crippen molar-refractivity contribution in [2.75, 3.05) is 0 Å². The lowest BCUT2D eigenvalue weighted by atomic mass is 9.86. The van der Waals surface area contributed by atoms with Crippen molar-refractivity contribution in [1.82, 2.24) is 5.32 Å². The Morgan fingerprint density at radius 1 is 1.21 bits per heavy atom. The van der Waals surface area contributed by atoms with Crippen LogP contribution in [0.3, 0.4) is 0 Å². The predicted molar refractivity (Wildman–Crippen MR) is 76.6 cm³/mol. The number of amides is 1. The van der Waals surface area contributed by atoms with Crippen LogP contribution in [0.1, 0.15) is 43.2 Å². The molecule has 0 radical (unpaired) electrons. The van der Waals surface area contributed by atoms with Crippen molar-refractivity contribution in [3.63, 3.8) is 0 Å². The fourth-order valence-electron chi connectivity index (χ4n) is 3.84. The predicted octanol–water partition coefficient (Wildman–Crippen LogP) is 3.44. The van der Waals surface area contributed by atoms with E-state index in [1.54, 1.807) is 0 Å². The van der Waals surface area contributed by atoms with Crippen LogP contribution in [0.2, 0.25) is 0 Å². The topological polar surface area (TPSA) is 29.1 Å². The summed E-state index contributed by atoms with van der Waals surface area (Å²) >= 11 is 0. The van der Waals surface area contributed by atoms with Crippen molar-refractivity contribution in [2.24, 2.45) is 17.8 Å². The Hall–Kier alpha value is -1.31. The molecule has 0 heterocycles. The van der Waals surface area contributed by atoms with Gasteiger partial charge in [0.05, 0.1) is 0 Å². The highest BCUT2D eigenvalue weighted by atomic mass is 16.1. The number of fused-ring (bicyclic) bond motifs is 2. The van der Waals surface area contributed by atoms with Gasteiger partial charge in [0.15, 0.2) is 0 Å². The molecule has 1 aromatic rings. The summed E-state index contributed by atoms with van der Waals surface area (Å²) in [5, 5.41) is 3.07. The van der Waals surface area contributed by atoms with E-state index in [0.717, 1.165) is 18.3 Å². The monoisotopic (exact) mass is 257 g/mol. The number of hydrogen-bond acceptors (Lipinski definition) is 1. The molecule has 0 aliphatic heterocycles. The average Bonchev–Trinajstić information content (AvgIpc) is 3.00. The molecular weight excluding hydrogens is 234 g/mol. The third-order valence-electron chi connectivity index (χ3n) is 4.94. The molecule has 1 N–H and O–H groups in total. The third kappa shape index (κ3) is 2.99. The van der Waals surface area contributed by atoms with E-state index >= 15 is 0 Å². The molecule has 0 aromatic heterocycles. The van der Waals surface area contributed by atoms with Gasteiger partial charge in [-0.2, -0.15) is 0 Å². The summed E-state index contributed by atoms with van der Waals surface area (Å²) < 4.78 is 0. The fourth-order valence-corrected chi connectivity index (χ4v) is 3.84. The van der Waals surface area contributed by atoms with Crippen molar-refractivity contribution < 1.29 is 4.79 Å². The van der Waals surface area contributed by atoms with Crippen LogP contribution in [-0.4, -0.2) is 5.91 Å². The minimum atomic E-state index is 0.234. The quantitative estimate of drug-likeness (QED) is 0.879. The lowest BCUT2D eigenvalue weighted by Crippen LogP contribution is -2.26. The maximum absolute atomic E-state index is 12.0. The van der Waals surface area contributed by atoms with Crippen LogP contribution in [0, 0.1) is 24.7 Å². The average molecular weight is 257 g/mol. The number of benzene rings is 1. The lowest BCUT2D eigenvalue weighted by Gasteiger charge is -2.20. The maximum atomic E-state index is 12.0. The largest absolute Gasteiger partial charge is 0.352 e. The zero-order chi connectivity index (χ0) is 13.2. The minimum absolute atomic E-state index is 0.234. The van der Waals surface area contributed by atoms with E-state index in [2.05, 4.69) is 36.5 Å². The Morgan fingerprint density at radius 2 is 2.00 bits per heavy atom. The van der Waals surface area contributed by atoms with Crippen LogP contribution in [0.4, 0.5) is 0 Å². The first-order valence-corrected chi connectivity index (χ1v) is 7.53. The molecule has 2 aliphatic carbocycles. The smallest absolute Gasteiger partial charge is 0.220 e. The summed E-state index contributed by atoms with van der Waals surface area (Å²) in [6, 6.07) is 8.37. The molecule has 19 heavy (non-hydrogen) atoms. The van der Waals surface area contributed by atoms with E-state index in [-0.39, 0.29) is 5.91 Å². The SMILES string of the molecule is Cc1ccc(CNC(=O)C[C@@H]2C[C@@H]3CC[C@@H]2C3)cc1. The van der Waals surface area contributed by atoms with Crippen molar-refractivity contribution >= 4 is 5.91 Å². The van der Waals surface area contributed by atoms with E-state index in [1.165, 1.54) is 36.8 Å². The summed E-state index contributed by atoms with van der Waals surface area (Å²) in [5.41, 5.74) is 2.45. The summed E-state index contributed by atoms with van der Waals surface area (Å²) in [6.45, 7) is 2.75. The first kappa shape index (κ1) is 12.7. The number of hydrogen-bond donors (Lipinski definition) is 1. The van der Waals surface area contributed by atoms with Gasteiger partial charge in [-0.15, -0.1) is 0 Å². The molecule has 2 saturated carbocycles. The Labute approximate surface area is 115 Å². The second-order valence-corrected chi connectivity index (χ2v) is 6.40. The highest BCUT2D eigenvalue weighted by molar-refractivity contribution is 5.76. The van der Waals surface area contributed by atoms with Crippen molar-refractivity contribution in [2.45, 2.75) is 45.6 Å². The highest BCUT2D eigenvalue weighted by Crippen LogP contribution is 2.49. The van der Waals surface area contributed by atoms with Gasteiger partial charge in [-0.05, 0) is 49.5 Å². The minimum Gasteiger partial charge on any atom is -0.352 e. The van der Waals surface area contributed by atoms with E-state index in [0.29, 0.717) is 12.5 Å². The van der Waals surface area contributed by atoms with Gasteiger partial charge in [0.2, 0.25) is 5.91 Å². The normalized spacial score (nSPS) is 28.6. The first-order chi connectivity index (χ1) is 9.20. The molecule has 2 aliphatic rings. The number of aryl methyl sites for hydroxylation is 1. The molecule has 3 rings (SSSR count).